The second-order valence-corrected chi connectivity index (χ2v) is 3.75. The first-order valence-electron chi connectivity index (χ1n) is 4.98. The number of benzene rings is 1. The predicted molar refractivity (Wildman–Crippen MR) is 60.5 cm³/mol. The van der Waals surface area contributed by atoms with E-state index in [-0.39, 0.29) is 0 Å². The summed E-state index contributed by atoms with van der Waals surface area (Å²) in [5.41, 5.74) is 10.9. The minimum atomic E-state index is 0.988. The molecule has 0 bridgehead atoms. The summed E-state index contributed by atoms with van der Waals surface area (Å²) < 4.78 is 0. The molecule has 0 atom stereocenters. The van der Waals surface area contributed by atoms with Crippen LogP contribution in [0, 0.1) is 0 Å². The summed E-state index contributed by atoms with van der Waals surface area (Å²) >= 11 is 0. The van der Waals surface area contributed by atoms with Crippen LogP contribution in [0.4, 0.5) is 0 Å². The normalized spacial score (nSPS) is 16.8. The van der Waals surface area contributed by atoms with Crippen molar-refractivity contribution in [2.24, 2.45) is 5.73 Å². The van der Waals surface area contributed by atoms with Crippen molar-refractivity contribution in [1.29, 1.82) is 0 Å². The van der Waals surface area contributed by atoms with Gasteiger partial charge in [-0.05, 0) is 42.6 Å². The van der Waals surface area contributed by atoms with Gasteiger partial charge >= 0.3 is 0 Å². The molecule has 72 valence electrons. The Bertz CT molecular complexity index is 385. The highest BCUT2D eigenvalue weighted by atomic mass is 14.6. The molecule has 0 saturated carbocycles. The van der Waals surface area contributed by atoms with Crippen molar-refractivity contribution in [3.8, 4) is 0 Å². The maximum Gasteiger partial charge on any atom is 0.00865 e. The van der Waals surface area contributed by atoms with Crippen LogP contribution in [0.2, 0.25) is 0 Å². The lowest BCUT2D eigenvalue weighted by atomic mass is 9.91. The molecule has 1 aliphatic carbocycles. The van der Waals surface area contributed by atoms with Gasteiger partial charge in [-0.15, -0.1) is 0 Å². The van der Waals surface area contributed by atoms with Gasteiger partial charge in [0.1, 0.15) is 0 Å². The van der Waals surface area contributed by atoms with Gasteiger partial charge in [0.2, 0.25) is 0 Å². The van der Waals surface area contributed by atoms with E-state index in [2.05, 4.69) is 37.3 Å². The summed E-state index contributed by atoms with van der Waals surface area (Å²) in [6.45, 7) is 2.13. The van der Waals surface area contributed by atoms with Crippen molar-refractivity contribution >= 4 is 5.57 Å². The van der Waals surface area contributed by atoms with Crippen LogP contribution in [0.5, 0.6) is 0 Å². The van der Waals surface area contributed by atoms with E-state index in [0.29, 0.717) is 0 Å². The quantitative estimate of drug-likeness (QED) is 0.714. The Morgan fingerprint density at radius 1 is 1.07 bits per heavy atom. The molecule has 2 N–H and O–H groups in total. The van der Waals surface area contributed by atoms with Gasteiger partial charge in [-0.25, -0.2) is 0 Å². The molecule has 0 spiro atoms. The lowest BCUT2D eigenvalue weighted by molar-refractivity contribution is 0.945. The monoisotopic (exact) mass is 185 g/mol. The van der Waals surface area contributed by atoms with Gasteiger partial charge < -0.3 is 5.73 Å². The molecule has 0 fully saturated rings. The molecule has 14 heavy (non-hydrogen) atoms. The summed E-state index contributed by atoms with van der Waals surface area (Å²) in [6.07, 6.45) is 4.14. The molecule has 0 heterocycles. The van der Waals surface area contributed by atoms with Crippen molar-refractivity contribution in [3.63, 3.8) is 0 Å². The lowest BCUT2D eigenvalue weighted by Crippen LogP contribution is -2.03. The summed E-state index contributed by atoms with van der Waals surface area (Å²) in [5, 5.41) is 0. The molecule has 0 unspecified atom stereocenters. The molecule has 1 aromatic carbocycles. The maximum atomic E-state index is 5.79. The molecular weight excluding hydrogens is 170 g/mol. The molecule has 1 nitrogen and oxygen atoms in total. The van der Waals surface area contributed by atoms with Crippen molar-refractivity contribution in [2.45, 2.75) is 19.8 Å². The first kappa shape index (κ1) is 9.07. The van der Waals surface area contributed by atoms with Crippen LogP contribution in [-0.4, -0.2) is 0 Å². The standard InChI is InChI=1S/C13H15N/c1-10-9-12(14)7-8-13(10)11-5-3-2-4-6-11/h2-6,9H,7-8,14H2,1H3. The zero-order valence-corrected chi connectivity index (χ0v) is 8.46. The summed E-state index contributed by atoms with van der Waals surface area (Å²) in [5.74, 6) is 0. The topological polar surface area (TPSA) is 26.0 Å². The molecule has 1 aliphatic rings. The second-order valence-electron chi connectivity index (χ2n) is 3.75. The minimum Gasteiger partial charge on any atom is -0.402 e. The van der Waals surface area contributed by atoms with E-state index in [4.69, 9.17) is 5.73 Å². The van der Waals surface area contributed by atoms with Gasteiger partial charge in [0.25, 0.3) is 0 Å². The minimum absolute atomic E-state index is 0.988. The summed E-state index contributed by atoms with van der Waals surface area (Å²) in [7, 11) is 0. The molecule has 0 aromatic heterocycles. The molecule has 0 saturated heterocycles. The van der Waals surface area contributed by atoms with Crippen LogP contribution in [0.15, 0.2) is 47.7 Å². The van der Waals surface area contributed by atoms with E-state index >= 15 is 0 Å². The molecule has 1 heteroatoms. The van der Waals surface area contributed by atoms with E-state index in [1.807, 2.05) is 6.07 Å². The number of rotatable bonds is 1. The largest absolute Gasteiger partial charge is 0.402 e. The fourth-order valence-electron chi connectivity index (χ4n) is 1.92. The molecular formula is C13H15N. The fraction of sp³-hybridized carbons (Fsp3) is 0.231. The van der Waals surface area contributed by atoms with Gasteiger partial charge in [-0.1, -0.05) is 30.3 Å². The molecule has 1 aromatic rings. The third-order valence-corrected chi connectivity index (χ3v) is 2.66. The Kier molecular flexibility index (Phi) is 2.40. The van der Waals surface area contributed by atoms with Crippen LogP contribution in [0.3, 0.4) is 0 Å². The second kappa shape index (κ2) is 3.70. The Hall–Kier alpha value is -1.50. The van der Waals surface area contributed by atoms with Crippen LogP contribution in [0.1, 0.15) is 25.3 Å². The summed E-state index contributed by atoms with van der Waals surface area (Å²) in [4.78, 5) is 0. The SMILES string of the molecule is CC1=C(c2ccccc2)CCC(N)=C1. The van der Waals surface area contributed by atoms with Crippen molar-refractivity contribution in [2.75, 3.05) is 0 Å². The average Bonchev–Trinajstić information content (AvgIpc) is 2.19. The van der Waals surface area contributed by atoms with Gasteiger partial charge in [0.05, 0.1) is 0 Å². The Morgan fingerprint density at radius 2 is 1.79 bits per heavy atom. The van der Waals surface area contributed by atoms with Gasteiger partial charge in [0.15, 0.2) is 0 Å². The Labute approximate surface area is 84.9 Å². The fourth-order valence-corrected chi connectivity index (χ4v) is 1.92. The van der Waals surface area contributed by atoms with Gasteiger partial charge in [0, 0.05) is 5.70 Å². The predicted octanol–water partition coefficient (Wildman–Crippen LogP) is 3.10. The molecule has 2 rings (SSSR count). The first-order valence-corrected chi connectivity index (χ1v) is 4.98. The van der Waals surface area contributed by atoms with Gasteiger partial charge in [-0.3, -0.25) is 0 Å². The van der Waals surface area contributed by atoms with E-state index in [9.17, 15) is 0 Å². The van der Waals surface area contributed by atoms with Crippen LogP contribution < -0.4 is 5.73 Å². The van der Waals surface area contributed by atoms with Gasteiger partial charge in [-0.2, -0.15) is 0 Å². The van der Waals surface area contributed by atoms with Crippen LogP contribution in [-0.2, 0) is 0 Å². The highest BCUT2D eigenvalue weighted by Gasteiger charge is 2.09. The maximum absolute atomic E-state index is 5.79. The van der Waals surface area contributed by atoms with E-state index < -0.39 is 0 Å². The first-order chi connectivity index (χ1) is 6.77. The van der Waals surface area contributed by atoms with E-state index in [0.717, 1.165) is 18.5 Å². The van der Waals surface area contributed by atoms with Crippen molar-refractivity contribution < 1.29 is 0 Å². The third-order valence-electron chi connectivity index (χ3n) is 2.66. The van der Waals surface area contributed by atoms with Crippen LogP contribution >= 0.6 is 0 Å². The molecule has 0 amide bonds. The zero-order chi connectivity index (χ0) is 9.97. The average molecular weight is 185 g/mol. The number of hydrogen-bond donors (Lipinski definition) is 1. The third kappa shape index (κ3) is 1.72. The number of nitrogens with two attached hydrogens (primary N) is 1. The highest BCUT2D eigenvalue weighted by molar-refractivity contribution is 5.72. The van der Waals surface area contributed by atoms with E-state index in [1.54, 1.807) is 0 Å². The Morgan fingerprint density at radius 3 is 2.43 bits per heavy atom. The van der Waals surface area contributed by atoms with Crippen molar-refractivity contribution in [1.82, 2.24) is 0 Å². The number of hydrogen-bond acceptors (Lipinski definition) is 1. The van der Waals surface area contributed by atoms with Crippen LogP contribution in [0.25, 0.3) is 5.57 Å². The number of allylic oxidation sites excluding steroid dienone is 4. The lowest BCUT2D eigenvalue weighted by Gasteiger charge is -2.16. The zero-order valence-electron chi connectivity index (χ0n) is 8.46. The highest BCUT2D eigenvalue weighted by Crippen LogP contribution is 2.29. The molecule has 0 aliphatic heterocycles. The smallest absolute Gasteiger partial charge is 0.00865 e. The van der Waals surface area contributed by atoms with Crippen molar-refractivity contribution in [3.05, 3.63) is 53.2 Å². The van der Waals surface area contributed by atoms with E-state index in [1.165, 1.54) is 16.7 Å². The molecule has 0 radical (unpaired) electrons. The summed E-state index contributed by atoms with van der Waals surface area (Å²) in [6, 6.07) is 10.5. The Balaban J connectivity index is 2.41.